The quantitative estimate of drug-likeness (QED) is 0.0466. The smallest absolute Gasteiger partial charge is 0.0526 e. The fourth-order valence-corrected chi connectivity index (χ4v) is 21.4. The first kappa shape index (κ1) is 102. The van der Waals surface area contributed by atoms with Gasteiger partial charge in [0, 0.05) is 88.8 Å². The molecular weight excluding hydrogens is 1900 g/mol. The number of benzene rings is 20. The molecule has 0 spiro atoms. The molecule has 0 aliphatic heterocycles. The molecule has 0 amide bonds. The molecule has 0 heterocycles. The Hall–Kier alpha value is -16.8. The van der Waals surface area contributed by atoms with Crippen molar-refractivity contribution in [2.45, 2.75) is 42.9 Å². The van der Waals surface area contributed by atoms with Crippen molar-refractivity contribution in [3.8, 4) is 55.6 Å². The van der Waals surface area contributed by atoms with E-state index in [-0.39, 0.29) is 12.8 Å². The molecule has 3 aliphatic rings. The number of hydrogen-bond acceptors (Lipinski definition) is 4. The molecule has 0 saturated heterocycles. The van der Waals surface area contributed by atoms with Crippen LogP contribution in [-0.4, -0.2) is 0 Å². The predicted octanol–water partition coefficient (Wildman–Crippen LogP) is 39.1. The van der Waals surface area contributed by atoms with Gasteiger partial charge in [-0.3, -0.25) is 0 Å². The van der Waals surface area contributed by atoms with Crippen molar-refractivity contribution < 1.29 is 31.6 Å². The van der Waals surface area contributed by atoms with Crippen LogP contribution < -0.4 is 20.4 Å². The van der Waals surface area contributed by atoms with Gasteiger partial charge in [-0.2, -0.15) is 0 Å². The molecule has 4 nitrogen and oxygen atoms in total. The number of hydrogen-bond donors (Lipinski definition) is 2. The first-order valence-electron chi connectivity index (χ1n) is 47.7. The van der Waals surface area contributed by atoms with Gasteiger partial charge >= 0.3 is 0 Å². The molecular formula is C133H107BrF7N4P. The maximum Gasteiger partial charge on any atom is 0.0526 e. The van der Waals surface area contributed by atoms with E-state index in [1.807, 2.05) is 54.6 Å². The normalized spacial score (nSPS) is 14.0. The van der Waals surface area contributed by atoms with E-state index in [2.05, 4.69) is 529 Å². The summed E-state index contributed by atoms with van der Waals surface area (Å²) in [5.41, 5.74) is 41.6. The zero-order valence-corrected chi connectivity index (χ0v) is 82.2. The highest BCUT2D eigenvalue weighted by atomic mass is 79.9. The number of halogens is 8. The fourth-order valence-electron chi connectivity index (χ4n) is 21.1. The van der Waals surface area contributed by atoms with Crippen LogP contribution in [0, 0.1) is 0 Å². The minimum absolute atomic E-state index is 0. The summed E-state index contributed by atoms with van der Waals surface area (Å²) in [5, 5.41) is 6.82. The summed E-state index contributed by atoms with van der Waals surface area (Å²) in [4.78, 5) is 4.81. The van der Waals surface area contributed by atoms with E-state index in [1.54, 1.807) is 0 Å². The summed E-state index contributed by atoms with van der Waals surface area (Å²) < 4.78 is 58.5. The predicted molar refractivity (Wildman–Crippen MR) is 607 cm³/mol. The third-order valence-electron chi connectivity index (χ3n) is 27.6. The van der Waals surface area contributed by atoms with Gasteiger partial charge in [0.15, 0.2) is 0 Å². The van der Waals surface area contributed by atoms with E-state index in [0.29, 0.717) is 0 Å². The largest absolute Gasteiger partial charge is 0.356 e. The molecule has 0 radical (unpaired) electrons. The highest BCUT2D eigenvalue weighted by molar-refractivity contribution is 9.10. The minimum atomic E-state index is -0.425. The van der Waals surface area contributed by atoms with E-state index >= 15 is 0 Å². The molecule has 20 aromatic rings. The molecule has 0 aromatic heterocycles. The summed E-state index contributed by atoms with van der Waals surface area (Å²) >= 11 is 3.73. The van der Waals surface area contributed by atoms with Gasteiger partial charge in [-0.15, -0.1) is 0 Å². The Balaban J connectivity index is 0.000000193. The van der Waals surface area contributed by atoms with Gasteiger partial charge in [-0.05, 0) is 292 Å². The Bertz CT molecular complexity index is 7340. The molecule has 4 atom stereocenters. The highest BCUT2D eigenvalue weighted by Gasteiger charge is 2.48. The summed E-state index contributed by atoms with van der Waals surface area (Å²) in [6, 6.07) is 185. The Morgan fingerprint density at radius 2 is 0.445 bits per heavy atom. The maximum absolute atomic E-state index is 9.42. The Labute approximate surface area is 862 Å². The van der Waals surface area contributed by atoms with Gasteiger partial charge < -0.3 is 20.4 Å². The van der Waals surface area contributed by atoms with E-state index in [1.165, 1.54) is 111 Å². The lowest BCUT2D eigenvalue weighted by atomic mass is 9.68. The van der Waals surface area contributed by atoms with Crippen LogP contribution in [0.4, 0.5) is 88.5 Å². The van der Waals surface area contributed by atoms with Crippen LogP contribution >= 0.6 is 25.5 Å². The van der Waals surface area contributed by atoms with E-state index in [4.69, 9.17) is 27.4 Å². The molecule has 0 bridgehead atoms. The van der Waals surface area contributed by atoms with E-state index in [9.17, 15) is 4.20 Å². The summed E-state index contributed by atoms with van der Waals surface area (Å²) in [7, 11) is 0.917. The van der Waals surface area contributed by atoms with Gasteiger partial charge in [0.25, 0.3) is 0 Å². The number of rotatable bonds is 24. The topological polar surface area (TPSA) is 30.5 Å². The van der Waals surface area contributed by atoms with E-state index in [0.717, 1.165) is 118 Å². The first-order valence-corrected chi connectivity index (χ1v) is 48.9. The van der Waals surface area contributed by atoms with Crippen molar-refractivity contribution in [2.75, 3.05) is 20.4 Å². The third-order valence-corrected chi connectivity index (χ3v) is 28.1. The van der Waals surface area contributed by atoms with Crippen LogP contribution in [0.25, 0.3) is 73.9 Å². The molecule has 13 heteroatoms. The van der Waals surface area contributed by atoms with Gasteiger partial charge in [-0.1, -0.05) is 437 Å². The fraction of sp³-hybridized carbons (Fsp3) is 0.0526. The van der Waals surface area contributed by atoms with Crippen LogP contribution in [0.3, 0.4) is 0 Å². The number of anilines is 10. The van der Waals surface area contributed by atoms with Crippen LogP contribution in [0.5, 0.6) is 0 Å². The second-order valence-corrected chi connectivity index (χ2v) is 36.5. The van der Waals surface area contributed by atoms with Crippen molar-refractivity contribution in [1.29, 1.82) is 0 Å². The van der Waals surface area contributed by atoms with Crippen molar-refractivity contribution in [3.05, 3.63) is 617 Å². The Morgan fingerprint density at radius 3 is 0.733 bits per heavy atom. The van der Waals surface area contributed by atoms with Gasteiger partial charge in [0.05, 0.1) is 25.8 Å². The molecule has 23 rings (SSSR count). The van der Waals surface area contributed by atoms with Crippen molar-refractivity contribution in [1.82, 2.24) is 0 Å². The average molecular weight is 2010 g/mol. The molecule has 0 saturated carbocycles. The van der Waals surface area contributed by atoms with Crippen molar-refractivity contribution in [3.63, 3.8) is 0 Å². The molecule has 146 heavy (non-hydrogen) atoms. The minimum Gasteiger partial charge on any atom is -0.356 e. The molecule has 0 fully saturated rings. The molecule has 20 aromatic carbocycles. The Kier molecular flexibility index (Phi) is 33.8. The first-order chi connectivity index (χ1) is 71.6. The molecule has 2 N–H and O–H groups in total. The lowest BCUT2D eigenvalue weighted by molar-refractivity contribution is 0.108. The third kappa shape index (κ3) is 21.3. The van der Waals surface area contributed by atoms with Crippen LogP contribution in [0.15, 0.2) is 534 Å². The lowest BCUT2D eigenvalue weighted by Crippen LogP contribution is -2.30. The van der Waals surface area contributed by atoms with Crippen LogP contribution in [-0.2, 0) is 35.5 Å². The van der Waals surface area contributed by atoms with Crippen LogP contribution in [0.2, 0.25) is 0 Å². The molecule has 720 valence electrons. The van der Waals surface area contributed by atoms with Gasteiger partial charge in [-0.25, -0.2) is 4.20 Å². The number of fused-ring (bicyclic) bond motifs is 9. The average Bonchev–Trinajstić information content (AvgIpc) is 1.56. The maximum atomic E-state index is 9.42. The van der Waals surface area contributed by atoms with Crippen molar-refractivity contribution >= 4 is 101 Å². The van der Waals surface area contributed by atoms with Crippen LogP contribution in [0.1, 0.15) is 90.9 Å². The summed E-state index contributed by atoms with van der Waals surface area (Å²) in [6.45, 7) is 12.0. The lowest BCUT2D eigenvalue weighted by Gasteiger charge is -2.34. The zero-order valence-electron chi connectivity index (χ0n) is 79.5. The SMILES string of the molecule is C.C=Cc1ccc(CC2(c3ccccc3)c3ccccc3-c3ccc(Br)cc32)cc1.C=Cc1ccc(CC2(c3ccccc3)c3ccccc3-c3ccc(N(c4ccccc4)c4ccc(-c5ccc(N(c6ccccc6)c6ccc7c(c6)C(Cc6ccc(C=C)cc6)(c6ccccc6)c6ccccc6-7)cc5)cc4)cc32)cc1.FF.FF.FF.FP.c1ccc(Nc2ccc(-c3ccc(Nc4ccccc4)cc3)cc2)cc1. The second-order valence-electron chi connectivity index (χ2n) is 35.5. The summed E-state index contributed by atoms with van der Waals surface area (Å²) in [5.74, 6) is 0. The second kappa shape index (κ2) is 48.3. The van der Waals surface area contributed by atoms with Crippen molar-refractivity contribution in [2.24, 2.45) is 0 Å². The highest BCUT2D eigenvalue weighted by Crippen LogP contribution is 2.60. The number of nitrogens with one attached hydrogen (secondary N) is 2. The molecule has 4 unspecified atom stereocenters. The number of para-hydroxylation sites is 4. The monoisotopic (exact) mass is 2000 g/mol. The number of nitrogens with zero attached hydrogens (tertiary/aromatic N) is 2. The standard InChI is InChI=1S/C80H60N2.C28H21Br.C24H20N2.CH4.3F2.FH2P/c1-3-57-33-37-59(38-34-57)55-79(63-21-9-5-10-22-63)75-31-19-17-29-71(75)73-51-49-69(53-77(73)79)81(65-25-13-7-14-26-65)67-45-41-61(42-46-67)62-43-47-68(48-44-62)82(66-27-15-8-16-28-66)70-50-52-74-72-30-18-20-32-76(72)80(78(74)54-70,64-23-11-6-12-24-64)56-60-39-35-58(4-2)36-40-60;1-2-20-12-14-21(15-13-20)19-28(22-8-4-3-5-9-22)26-11-7-6-10-24(26)25-17-16-23(29)18-27(25)28;1-3-7-21(8-4-1)25-23-15-11-19(12-16-23)20-13-17-24(18-14-20)26-22-9-5-2-6-10-22;;4*1-2/h3-54H,1-2,55-56H2;2-18H,1,19H2;1-18,25-26H;1H4;;;;2H2. The van der Waals surface area contributed by atoms with Gasteiger partial charge in [0.2, 0.25) is 0 Å². The van der Waals surface area contributed by atoms with Gasteiger partial charge in [0.1, 0.15) is 0 Å². The molecule has 3 aliphatic carbocycles. The Morgan fingerprint density at radius 1 is 0.226 bits per heavy atom. The zero-order chi connectivity index (χ0) is 100. The summed E-state index contributed by atoms with van der Waals surface area (Å²) in [6.07, 6.45) is 8.27. The van der Waals surface area contributed by atoms with E-state index < -0.39 is 10.8 Å².